The summed E-state index contributed by atoms with van der Waals surface area (Å²) in [4.78, 5) is 0. The molecule has 3 N–H and O–H groups in total. The van der Waals surface area contributed by atoms with Crippen molar-refractivity contribution in [3.63, 3.8) is 0 Å². The minimum atomic E-state index is -3.47. The first-order valence-electron chi connectivity index (χ1n) is 4.59. The van der Waals surface area contributed by atoms with Crippen LogP contribution in [0.5, 0.6) is 0 Å². The largest absolute Gasteiger partial charge is 0.389 e. The Morgan fingerprint density at radius 1 is 1.29 bits per heavy atom. The van der Waals surface area contributed by atoms with E-state index in [1.54, 1.807) is 0 Å². The summed E-state index contributed by atoms with van der Waals surface area (Å²) in [6.07, 6.45) is 0. The van der Waals surface area contributed by atoms with Crippen LogP contribution in [0.3, 0.4) is 0 Å². The molecule has 0 aromatic heterocycles. The highest BCUT2D eigenvalue weighted by Gasteiger charge is 2.17. The molecule has 6 heteroatoms. The molecule has 5 nitrogen and oxygen atoms in total. The van der Waals surface area contributed by atoms with Gasteiger partial charge in [-0.3, -0.25) is 0 Å². The van der Waals surface area contributed by atoms with E-state index in [0.29, 0.717) is 6.54 Å². The van der Waals surface area contributed by atoms with E-state index >= 15 is 0 Å². The molecule has 0 radical (unpaired) electrons. The monoisotopic (exact) mass is 224 g/mol. The molecule has 0 saturated heterocycles. The topological polar surface area (TPSA) is 78.4 Å². The van der Waals surface area contributed by atoms with Crippen molar-refractivity contribution in [3.05, 3.63) is 0 Å². The maximum absolute atomic E-state index is 11.2. The van der Waals surface area contributed by atoms with E-state index in [4.69, 9.17) is 0 Å². The molecule has 0 aromatic carbocycles. The van der Waals surface area contributed by atoms with Crippen molar-refractivity contribution in [1.29, 1.82) is 0 Å². The molecule has 14 heavy (non-hydrogen) atoms. The normalized spacial score (nSPS) is 13.6. The third kappa shape index (κ3) is 8.43. The third-order valence-electron chi connectivity index (χ3n) is 1.38. The smallest absolute Gasteiger partial charge is 0.277 e. The second kappa shape index (κ2) is 5.06. The van der Waals surface area contributed by atoms with Gasteiger partial charge in [0.25, 0.3) is 10.2 Å². The van der Waals surface area contributed by atoms with Crippen LogP contribution in [0.25, 0.3) is 0 Å². The highest BCUT2D eigenvalue weighted by Crippen LogP contribution is 1.98. The van der Waals surface area contributed by atoms with Crippen molar-refractivity contribution in [3.8, 4) is 0 Å². The molecule has 0 rings (SSSR count). The number of hydrogen-bond donors (Lipinski definition) is 3. The van der Waals surface area contributed by atoms with Gasteiger partial charge in [0.15, 0.2) is 0 Å². The number of hydrogen-bond acceptors (Lipinski definition) is 3. The molecule has 0 saturated carbocycles. The highest BCUT2D eigenvalue weighted by molar-refractivity contribution is 7.87. The van der Waals surface area contributed by atoms with Crippen LogP contribution >= 0.6 is 0 Å². The lowest BCUT2D eigenvalue weighted by molar-refractivity contribution is 0.0856. The molecular weight excluding hydrogens is 204 g/mol. The summed E-state index contributed by atoms with van der Waals surface area (Å²) in [7, 11) is -3.47. The van der Waals surface area contributed by atoms with E-state index in [-0.39, 0.29) is 12.5 Å². The molecule has 0 amide bonds. The Morgan fingerprint density at radius 3 is 2.14 bits per heavy atom. The molecule has 0 unspecified atom stereocenters. The van der Waals surface area contributed by atoms with Gasteiger partial charge >= 0.3 is 0 Å². The third-order valence-corrected chi connectivity index (χ3v) is 2.45. The van der Waals surface area contributed by atoms with E-state index in [1.165, 1.54) is 13.8 Å². The molecule has 0 aromatic rings. The van der Waals surface area contributed by atoms with Crippen LogP contribution in [0.2, 0.25) is 0 Å². The molecule has 0 heterocycles. The van der Waals surface area contributed by atoms with Crippen molar-refractivity contribution in [2.45, 2.75) is 33.3 Å². The van der Waals surface area contributed by atoms with E-state index in [1.807, 2.05) is 13.8 Å². The average Bonchev–Trinajstić information content (AvgIpc) is 1.97. The van der Waals surface area contributed by atoms with Gasteiger partial charge in [-0.15, -0.1) is 0 Å². The van der Waals surface area contributed by atoms with Crippen LogP contribution in [0.4, 0.5) is 0 Å². The van der Waals surface area contributed by atoms with Gasteiger partial charge in [-0.2, -0.15) is 13.1 Å². The van der Waals surface area contributed by atoms with Gasteiger partial charge in [0.05, 0.1) is 5.60 Å². The number of rotatable bonds is 6. The fourth-order valence-electron chi connectivity index (χ4n) is 0.599. The summed E-state index contributed by atoms with van der Waals surface area (Å²) in [5.41, 5.74) is -1.04. The highest BCUT2D eigenvalue weighted by atomic mass is 32.2. The van der Waals surface area contributed by atoms with Gasteiger partial charge in [-0.25, -0.2) is 4.72 Å². The van der Waals surface area contributed by atoms with Gasteiger partial charge in [0.2, 0.25) is 0 Å². The second-order valence-corrected chi connectivity index (χ2v) is 5.96. The van der Waals surface area contributed by atoms with Crippen molar-refractivity contribution < 1.29 is 13.5 Å². The standard InChI is InChI=1S/C8H20N2O3S/c1-7(2)5-9-14(12,13)10-6-8(3,4)11/h7,9-11H,5-6H2,1-4H3. The first-order chi connectivity index (χ1) is 6.12. The first-order valence-corrected chi connectivity index (χ1v) is 6.07. The Labute approximate surface area is 86.1 Å². The van der Waals surface area contributed by atoms with E-state index in [0.717, 1.165) is 0 Å². The number of nitrogens with one attached hydrogen (secondary N) is 2. The zero-order valence-corrected chi connectivity index (χ0v) is 9.98. The molecule has 0 fully saturated rings. The Bertz CT molecular complexity index is 254. The Kier molecular flexibility index (Phi) is 5.00. The van der Waals surface area contributed by atoms with E-state index in [9.17, 15) is 13.5 Å². The lowest BCUT2D eigenvalue weighted by Crippen LogP contribution is -2.44. The van der Waals surface area contributed by atoms with Gasteiger partial charge in [0.1, 0.15) is 0 Å². The molecule has 0 bridgehead atoms. The minimum absolute atomic E-state index is 0.000425. The van der Waals surface area contributed by atoms with Gasteiger partial charge < -0.3 is 5.11 Å². The lowest BCUT2D eigenvalue weighted by Gasteiger charge is -2.18. The minimum Gasteiger partial charge on any atom is -0.389 e. The van der Waals surface area contributed by atoms with Crippen LogP contribution in [-0.4, -0.2) is 32.2 Å². The van der Waals surface area contributed by atoms with Crippen molar-refractivity contribution >= 4 is 10.2 Å². The second-order valence-electron chi connectivity index (χ2n) is 4.38. The molecule has 0 atom stereocenters. The summed E-state index contributed by atoms with van der Waals surface area (Å²) in [5.74, 6) is 0.258. The lowest BCUT2D eigenvalue weighted by atomic mass is 10.1. The molecular formula is C8H20N2O3S. The molecule has 0 aliphatic carbocycles. The first kappa shape index (κ1) is 13.8. The van der Waals surface area contributed by atoms with Crippen LogP contribution in [0, 0.1) is 5.92 Å². The fraction of sp³-hybridized carbons (Fsp3) is 1.00. The van der Waals surface area contributed by atoms with Crippen molar-refractivity contribution in [2.24, 2.45) is 5.92 Å². The Hall–Kier alpha value is -0.170. The fourth-order valence-corrected chi connectivity index (χ4v) is 1.80. The van der Waals surface area contributed by atoms with Crippen LogP contribution in [0.1, 0.15) is 27.7 Å². The molecule has 0 aliphatic rings. The van der Waals surface area contributed by atoms with Crippen LogP contribution < -0.4 is 9.44 Å². The quantitative estimate of drug-likeness (QED) is 0.586. The Balaban J connectivity index is 3.97. The predicted molar refractivity (Wildman–Crippen MR) is 56.1 cm³/mol. The summed E-state index contributed by atoms with van der Waals surface area (Å²) >= 11 is 0. The maximum atomic E-state index is 11.2. The SMILES string of the molecule is CC(C)CNS(=O)(=O)NCC(C)(C)O. The van der Waals surface area contributed by atoms with Gasteiger partial charge in [-0.05, 0) is 19.8 Å². The van der Waals surface area contributed by atoms with Crippen molar-refractivity contribution in [2.75, 3.05) is 13.1 Å². The van der Waals surface area contributed by atoms with Gasteiger partial charge in [-0.1, -0.05) is 13.8 Å². The van der Waals surface area contributed by atoms with E-state index < -0.39 is 15.8 Å². The average molecular weight is 224 g/mol. The van der Waals surface area contributed by atoms with Crippen LogP contribution in [-0.2, 0) is 10.2 Å². The van der Waals surface area contributed by atoms with Gasteiger partial charge in [0, 0.05) is 13.1 Å². The van der Waals surface area contributed by atoms with Crippen LogP contribution in [0.15, 0.2) is 0 Å². The molecule has 0 aliphatic heterocycles. The Morgan fingerprint density at radius 2 is 1.79 bits per heavy atom. The molecule has 86 valence electrons. The predicted octanol–water partition coefficient (Wildman–Crippen LogP) is -0.163. The summed E-state index contributed by atoms with van der Waals surface area (Å²) in [6, 6.07) is 0. The van der Waals surface area contributed by atoms with Crippen molar-refractivity contribution in [1.82, 2.24) is 9.44 Å². The zero-order chi connectivity index (χ0) is 11.4. The van der Waals surface area contributed by atoms with E-state index in [2.05, 4.69) is 9.44 Å². The zero-order valence-electron chi connectivity index (χ0n) is 9.16. The summed E-state index contributed by atoms with van der Waals surface area (Å²) in [6.45, 7) is 7.30. The summed E-state index contributed by atoms with van der Waals surface area (Å²) in [5, 5.41) is 9.30. The number of aliphatic hydroxyl groups is 1. The summed E-state index contributed by atoms with van der Waals surface area (Å²) < 4.78 is 27.1. The molecule has 0 spiro atoms. The maximum Gasteiger partial charge on any atom is 0.277 e.